The van der Waals surface area contributed by atoms with Crippen molar-refractivity contribution in [1.29, 1.82) is 0 Å². The molecule has 82 valence electrons. The molecule has 1 aromatic heterocycles. The van der Waals surface area contributed by atoms with Gasteiger partial charge in [0.15, 0.2) is 5.15 Å². The number of nitrogens with zero attached hydrogens (tertiary/aromatic N) is 3. The van der Waals surface area contributed by atoms with Crippen molar-refractivity contribution in [2.24, 2.45) is 5.73 Å². The maximum Gasteiger partial charge on any atom is 0.151 e. The molecule has 0 spiro atoms. The van der Waals surface area contributed by atoms with Crippen LogP contribution in [0.4, 0.5) is 0 Å². The normalized spacial score (nSPS) is 15.9. The largest absolute Gasteiger partial charge is 0.329 e. The molecule has 0 aromatic carbocycles. The second-order valence-corrected chi connectivity index (χ2v) is 4.22. The molecule has 1 saturated carbocycles. The average molecular weight is 227 g/mol. The first-order chi connectivity index (χ1) is 7.29. The third kappa shape index (κ3) is 3.12. The molecule has 0 radical (unpaired) electrons. The zero-order valence-corrected chi connectivity index (χ0v) is 9.32. The van der Waals surface area contributed by atoms with E-state index < -0.39 is 0 Å². The van der Waals surface area contributed by atoms with Gasteiger partial charge in [-0.15, -0.1) is 5.10 Å². The van der Waals surface area contributed by atoms with E-state index in [0.717, 1.165) is 18.8 Å². The number of halogens is 1. The monoisotopic (exact) mass is 226 g/mol. The second kappa shape index (κ2) is 4.88. The third-order valence-electron chi connectivity index (χ3n) is 2.53. The Hall–Kier alpha value is -0.710. The molecule has 0 bridgehead atoms. The lowest BCUT2D eigenvalue weighted by Crippen LogP contribution is -2.31. The Bertz CT molecular complexity index is 310. The SMILES string of the molecule is NCCN(Cc1ccc(Cl)nn1)C1CC1. The van der Waals surface area contributed by atoms with Gasteiger partial charge < -0.3 is 5.73 Å². The summed E-state index contributed by atoms with van der Waals surface area (Å²) in [4.78, 5) is 2.36. The number of hydrogen-bond donors (Lipinski definition) is 1. The van der Waals surface area contributed by atoms with Crippen LogP contribution in [0.1, 0.15) is 18.5 Å². The molecule has 5 heteroatoms. The van der Waals surface area contributed by atoms with E-state index in [0.29, 0.717) is 17.7 Å². The molecule has 0 aliphatic heterocycles. The molecule has 0 unspecified atom stereocenters. The summed E-state index contributed by atoms with van der Waals surface area (Å²) in [7, 11) is 0. The molecule has 4 nitrogen and oxygen atoms in total. The topological polar surface area (TPSA) is 55.0 Å². The van der Waals surface area contributed by atoms with Crippen LogP contribution in [0.15, 0.2) is 12.1 Å². The molecule has 2 rings (SSSR count). The predicted molar refractivity (Wildman–Crippen MR) is 59.5 cm³/mol. The quantitative estimate of drug-likeness (QED) is 0.816. The fourth-order valence-corrected chi connectivity index (χ4v) is 1.73. The first-order valence-corrected chi connectivity index (χ1v) is 5.59. The minimum absolute atomic E-state index is 0.440. The highest BCUT2D eigenvalue weighted by molar-refractivity contribution is 6.29. The molecule has 1 aliphatic rings. The van der Waals surface area contributed by atoms with Crippen molar-refractivity contribution in [2.45, 2.75) is 25.4 Å². The lowest BCUT2D eigenvalue weighted by Gasteiger charge is -2.19. The maximum atomic E-state index is 5.68. The third-order valence-corrected chi connectivity index (χ3v) is 2.73. The molecule has 1 fully saturated rings. The summed E-state index contributed by atoms with van der Waals surface area (Å²) in [5.74, 6) is 0. The van der Waals surface area contributed by atoms with Crippen LogP contribution in [0, 0.1) is 0 Å². The van der Waals surface area contributed by atoms with Gasteiger partial charge in [-0.25, -0.2) is 0 Å². The highest BCUT2D eigenvalue weighted by atomic mass is 35.5. The van der Waals surface area contributed by atoms with Crippen molar-refractivity contribution in [2.75, 3.05) is 13.1 Å². The Morgan fingerprint density at radius 2 is 2.20 bits per heavy atom. The fourth-order valence-electron chi connectivity index (χ4n) is 1.63. The molecule has 0 atom stereocenters. The Morgan fingerprint density at radius 3 is 2.73 bits per heavy atom. The molecule has 0 saturated heterocycles. The molecular weight excluding hydrogens is 212 g/mol. The van der Waals surface area contributed by atoms with Gasteiger partial charge in [-0.2, -0.15) is 5.10 Å². The standard InChI is InChI=1S/C10H15ClN4/c11-10-4-1-8(13-14-10)7-15(6-5-12)9-2-3-9/h1,4,9H,2-3,5-7,12H2. The van der Waals surface area contributed by atoms with Crippen molar-refractivity contribution < 1.29 is 0 Å². The van der Waals surface area contributed by atoms with Gasteiger partial charge in [-0.3, -0.25) is 4.90 Å². The van der Waals surface area contributed by atoms with Crippen LogP contribution < -0.4 is 5.73 Å². The van der Waals surface area contributed by atoms with Crippen LogP contribution in [0.2, 0.25) is 5.15 Å². The summed E-state index contributed by atoms with van der Waals surface area (Å²) in [5.41, 5.74) is 6.53. The van der Waals surface area contributed by atoms with Gasteiger partial charge in [0.2, 0.25) is 0 Å². The van der Waals surface area contributed by atoms with Crippen LogP contribution in [0.3, 0.4) is 0 Å². The summed E-state index contributed by atoms with van der Waals surface area (Å²) in [6.07, 6.45) is 2.56. The summed E-state index contributed by atoms with van der Waals surface area (Å²) in [6, 6.07) is 4.39. The van der Waals surface area contributed by atoms with Crippen molar-refractivity contribution in [3.05, 3.63) is 23.0 Å². The Balaban J connectivity index is 1.95. The second-order valence-electron chi connectivity index (χ2n) is 3.84. The van der Waals surface area contributed by atoms with Gasteiger partial charge in [-0.05, 0) is 25.0 Å². The van der Waals surface area contributed by atoms with Crippen molar-refractivity contribution in [3.8, 4) is 0 Å². The van der Waals surface area contributed by atoms with E-state index in [1.807, 2.05) is 6.07 Å². The Morgan fingerprint density at radius 1 is 1.40 bits per heavy atom. The van der Waals surface area contributed by atoms with E-state index in [1.165, 1.54) is 12.8 Å². The highest BCUT2D eigenvalue weighted by Gasteiger charge is 2.28. The van der Waals surface area contributed by atoms with Crippen LogP contribution in [0.5, 0.6) is 0 Å². The smallest absolute Gasteiger partial charge is 0.151 e. The van der Waals surface area contributed by atoms with Crippen LogP contribution in [-0.4, -0.2) is 34.2 Å². The zero-order chi connectivity index (χ0) is 10.7. The van der Waals surface area contributed by atoms with E-state index in [2.05, 4.69) is 15.1 Å². The van der Waals surface area contributed by atoms with Gasteiger partial charge in [-0.1, -0.05) is 11.6 Å². The van der Waals surface area contributed by atoms with Gasteiger partial charge in [0, 0.05) is 25.7 Å². The molecular formula is C10H15ClN4. The highest BCUT2D eigenvalue weighted by Crippen LogP contribution is 2.27. The first kappa shape index (κ1) is 10.8. The molecule has 0 amide bonds. The molecule has 1 aromatic rings. The Kier molecular flexibility index (Phi) is 3.51. The Labute approximate surface area is 94.4 Å². The van der Waals surface area contributed by atoms with E-state index in [9.17, 15) is 0 Å². The van der Waals surface area contributed by atoms with Crippen molar-refractivity contribution >= 4 is 11.6 Å². The van der Waals surface area contributed by atoms with E-state index in [1.54, 1.807) is 6.07 Å². The van der Waals surface area contributed by atoms with Crippen LogP contribution in [-0.2, 0) is 6.54 Å². The fraction of sp³-hybridized carbons (Fsp3) is 0.600. The lowest BCUT2D eigenvalue weighted by molar-refractivity contribution is 0.258. The maximum absolute atomic E-state index is 5.68. The van der Waals surface area contributed by atoms with E-state index in [4.69, 9.17) is 17.3 Å². The predicted octanol–water partition coefficient (Wildman–Crippen LogP) is 1.05. The van der Waals surface area contributed by atoms with E-state index >= 15 is 0 Å². The molecule has 1 aliphatic carbocycles. The van der Waals surface area contributed by atoms with Crippen molar-refractivity contribution in [1.82, 2.24) is 15.1 Å². The molecule has 2 N–H and O–H groups in total. The van der Waals surface area contributed by atoms with E-state index in [-0.39, 0.29) is 0 Å². The van der Waals surface area contributed by atoms with Crippen molar-refractivity contribution in [3.63, 3.8) is 0 Å². The van der Waals surface area contributed by atoms with Gasteiger partial charge >= 0.3 is 0 Å². The summed E-state index contributed by atoms with van der Waals surface area (Å²) >= 11 is 5.68. The minimum Gasteiger partial charge on any atom is -0.329 e. The number of aromatic nitrogens is 2. The van der Waals surface area contributed by atoms with Gasteiger partial charge in [0.25, 0.3) is 0 Å². The van der Waals surface area contributed by atoms with Crippen LogP contribution in [0.25, 0.3) is 0 Å². The van der Waals surface area contributed by atoms with Gasteiger partial charge in [0.1, 0.15) is 0 Å². The first-order valence-electron chi connectivity index (χ1n) is 5.22. The average Bonchev–Trinajstić information content (AvgIpc) is 3.04. The number of nitrogens with two attached hydrogens (primary N) is 1. The number of hydrogen-bond acceptors (Lipinski definition) is 4. The van der Waals surface area contributed by atoms with Crippen LogP contribution >= 0.6 is 11.6 Å². The molecule has 15 heavy (non-hydrogen) atoms. The summed E-state index contributed by atoms with van der Waals surface area (Å²) in [5, 5.41) is 8.32. The lowest BCUT2D eigenvalue weighted by atomic mass is 10.3. The number of rotatable bonds is 5. The molecule has 1 heterocycles. The minimum atomic E-state index is 0.440. The van der Waals surface area contributed by atoms with Gasteiger partial charge in [0.05, 0.1) is 5.69 Å². The summed E-state index contributed by atoms with van der Waals surface area (Å²) in [6.45, 7) is 2.44. The zero-order valence-electron chi connectivity index (χ0n) is 8.56. The summed E-state index contributed by atoms with van der Waals surface area (Å²) < 4.78 is 0.